The minimum absolute atomic E-state index is 0.0909. The van der Waals surface area contributed by atoms with Crippen molar-refractivity contribution in [2.24, 2.45) is 0 Å². The van der Waals surface area contributed by atoms with Gasteiger partial charge in [0.2, 0.25) is 5.91 Å². The molecule has 1 aromatic carbocycles. The van der Waals surface area contributed by atoms with Crippen molar-refractivity contribution in [3.63, 3.8) is 0 Å². The highest BCUT2D eigenvalue weighted by Crippen LogP contribution is 2.24. The highest BCUT2D eigenvalue weighted by Gasteiger charge is 2.11. The summed E-state index contributed by atoms with van der Waals surface area (Å²) in [5.41, 5.74) is 1.46. The van der Waals surface area contributed by atoms with Crippen LogP contribution in [0.15, 0.2) is 35.7 Å². The average Bonchev–Trinajstić information content (AvgIpc) is 2.83. The van der Waals surface area contributed by atoms with E-state index in [1.54, 1.807) is 23.5 Å². The largest absolute Gasteiger partial charge is 0.325 e. The molecule has 0 spiro atoms. The summed E-state index contributed by atoms with van der Waals surface area (Å²) in [5, 5.41) is 7.99. The standard InChI is InChI=1S/C15H17FN2OS/c1-10(12-5-3-4-6-13(12)16)17-9-15-14(7-8-20-15)18-11(2)19/h3-8,10,17H,9H2,1-2H3,(H,18,19)/t10-/m1/s1. The Bertz CT molecular complexity index is 597. The average molecular weight is 292 g/mol. The second-order valence-corrected chi connectivity index (χ2v) is 5.56. The van der Waals surface area contributed by atoms with Gasteiger partial charge in [-0.15, -0.1) is 11.3 Å². The van der Waals surface area contributed by atoms with Gasteiger partial charge in [-0.05, 0) is 24.4 Å². The van der Waals surface area contributed by atoms with Crippen molar-refractivity contribution in [3.8, 4) is 0 Å². The summed E-state index contributed by atoms with van der Waals surface area (Å²) in [5.74, 6) is -0.299. The molecule has 5 heteroatoms. The Morgan fingerprint density at radius 3 is 2.80 bits per heavy atom. The first-order valence-corrected chi connectivity index (χ1v) is 7.27. The molecule has 0 aliphatic rings. The Hall–Kier alpha value is -1.72. The molecule has 1 amide bonds. The Morgan fingerprint density at radius 1 is 1.35 bits per heavy atom. The topological polar surface area (TPSA) is 41.1 Å². The van der Waals surface area contributed by atoms with E-state index >= 15 is 0 Å². The minimum Gasteiger partial charge on any atom is -0.325 e. The van der Waals surface area contributed by atoms with Crippen LogP contribution in [0.5, 0.6) is 0 Å². The van der Waals surface area contributed by atoms with E-state index in [1.807, 2.05) is 24.4 Å². The van der Waals surface area contributed by atoms with Gasteiger partial charge in [-0.1, -0.05) is 18.2 Å². The third-order valence-electron chi connectivity index (χ3n) is 3.00. The molecular formula is C15H17FN2OS. The molecule has 0 fully saturated rings. The van der Waals surface area contributed by atoms with Crippen LogP contribution in [0, 0.1) is 5.82 Å². The lowest BCUT2D eigenvalue weighted by Crippen LogP contribution is -2.19. The number of carbonyl (C=O) groups is 1. The van der Waals surface area contributed by atoms with Crippen molar-refractivity contribution >= 4 is 22.9 Å². The number of thiophene rings is 1. The van der Waals surface area contributed by atoms with Crippen LogP contribution in [0.3, 0.4) is 0 Å². The number of carbonyl (C=O) groups excluding carboxylic acids is 1. The van der Waals surface area contributed by atoms with Gasteiger partial charge >= 0.3 is 0 Å². The Labute approximate surface area is 121 Å². The smallest absolute Gasteiger partial charge is 0.221 e. The van der Waals surface area contributed by atoms with E-state index in [-0.39, 0.29) is 17.8 Å². The fourth-order valence-corrected chi connectivity index (χ4v) is 2.74. The molecule has 0 unspecified atom stereocenters. The van der Waals surface area contributed by atoms with Gasteiger partial charge in [-0.25, -0.2) is 4.39 Å². The molecule has 2 N–H and O–H groups in total. The number of halogens is 1. The summed E-state index contributed by atoms with van der Waals surface area (Å²) >= 11 is 1.56. The molecule has 2 aromatic rings. The molecule has 1 aromatic heterocycles. The molecule has 1 atom stereocenters. The van der Waals surface area contributed by atoms with Crippen LogP contribution in [-0.4, -0.2) is 5.91 Å². The van der Waals surface area contributed by atoms with Crippen LogP contribution in [0.4, 0.5) is 10.1 Å². The van der Waals surface area contributed by atoms with Crippen molar-refractivity contribution in [3.05, 3.63) is 52.0 Å². The zero-order valence-corrected chi connectivity index (χ0v) is 12.3. The lowest BCUT2D eigenvalue weighted by atomic mass is 10.1. The molecule has 0 radical (unpaired) electrons. The second kappa shape index (κ2) is 6.63. The van der Waals surface area contributed by atoms with Gasteiger partial charge in [0.15, 0.2) is 0 Å². The maximum atomic E-state index is 13.7. The van der Waals surface area contributed by atoms with Gasteiger partial charge in [-0.2, -0.15) is 0 Å². The highest BCUT2D eigenvalue weighted by molar-refractivity contribution is 7.10. The molecule has 0 saturated carbocycles. The molecule has 0 aliphatic heterocycles. The van der Waals surface area contributed by atoms with E-state index in [2.05, 4.69) is 10.6 Å². The quantitative estimate of drug-likeness (QED) is 0.882. The molecule has 0 aliphatic carbocycles. The predicted molar refractivity (Wildman–Crippen MR) is 80.3 cm³/mol. The van der Waals surface area contributed by atoms with Gasteiger partial charge < -0.3 is 10.6 Å². The SMILES string of the molecule is CC(=O)Nc1ccsc1CN[C@H](C)c1ccccc1F. The van der Waals surface area contributed by atoms with Crippen LogP contribution in [0.2, 0.25) is 0 Å². The summed E-state index contributed by atoms with van der Waals surface area (Å²) in [6, 6.07) is 8.52. The summed E-state index contributed by atoms with van der Waals surface area (Å²) in [6.45, 7) is 3.99. The number of amides is 1. The molecule has 3 nitrogen and oxygen atoms in total. The zero-order valence-electron chi connectivity index (χ0n) is 11.4. The van der Waals surface area contributed by atoms with Crippen LogP contribution in [0.25, 0.3) is 0 Å². The van der Waals surface area contributed by atoms with Gasteiger partial charge in [0.1, 0.15) is 5.82 Å². The first-order chi connectivity index (χ1) is 9.58. The summed E-state index contributed by atoms with van der Waals surface area (Å²) in [4.78, 5) is 12.1. The van der Waals surface area contributed by atoms with Gasteiger partial charge in [-0.3, -0.25) is 4.79 Å². The van der Waals surface area contributed by atoms with Crippen molar-refractivity contribution in [2.75, 3.05) is 5.32 Å². The fraction of sp³-hybridized carbons (Fsp3) is 0.267. The van der Waals surface area contributed by atoms with Crippen molar-refractivity contribution in [1.82, 2.24) is 5.32 Å². The van der Waals surface area contributed by atoms with Crippen molar-refractivity contribution in [1.29, 1.82) is 0 Å². The first kappa shape index (κ1) is 14.7. The van der Waals surface area contributed by atoms with Gasteiger partial charge in [0.25, 0.3) is 0 Å². The van der Waals surface area contributed by atoms with E-state index in [1.165, 1.54) is 13.0 Å². The Kier molecular flexibility index (Phi) is 4.87. The lowest BCUT2D eigenvalue weighted by molar-refractivity contribution is -0.114. The van der Waals surface area contributed by atoms with Crippen molar-refractivity contribution in [2.45, 2.75) is 26.4 Å². The third-order valence-corrected chi connectivity index (χ3v) is 3.92. The maximum Gasteiger partial charge on any atom is 0.221 e. The summed E-state index contributed by atoms with van der Waals surface area (Å²) in [7, 11) is 0. The van der Waals surface area contributed by atoms with Crippen LogP contribution in [-0.2, 0) is 11.3 Å². The van der Waals surface area contributed by atoms with E-state index in [0.29, 0.717) is 12.1 Å². The van der Waals surface area contributed by atoms with Gasteiger partial charge in [0, 0.05) is 30.0 Å². The summed E-state index contributed by atoms with van der Waals surface area (Å²) in [6.07, 6.45) is 0. The normalized spacial score (nSPS) is 12.2. The third kappa shape index (κ3) is 3.65. The van der Waals surface area contributed by atoms with E-state index < -0.39 is 0 Å². The molecule has 2 rings (SSSR count). The van der Waals surface area contributed by atoms with Crippen LogP contribution >= 0.6 is 11.3 Å². The number of benzene rings is 1. The molecule has 0 saturated heterocycles. The summed E-state index contributed by atoms with van der Waals surface area (Å²) < 4.78 is 13.7. The molecule has 106 valence electrons. The second-order valence-electron chi connectivity index (χ2n) is 4.56. The van der Waals surface area contributed by atoms with Crippen LogP contribution in [0.1, 0.15) is 30.3 Å². The van der Waals surface area contributed by atoms with E-state index in [4.69, 9.17) is 0 Å². The van der Waals surface area contributed by atoms with Gasteiger partial charge in [0.05, 0.1) is 5.69 Å². The molecule has 1 heterocycles. The van der Waals surface area contributed by atoms with E-state index in [0.717, 1.165) is 10.6 Å². The number of hydrogen-bond donors (Lipinski definition) is 2. The molecular weight excluding hydrogens is 275 g/mol. The monoisotopic (exact) mass is 292 g/mol. The fourth-order valence-electron chi connectivity index (χ4n) is 1.96. The lowest BCUT2D eigenvalue weighted by Gasteiger charge is -2.15. The minimum atomic E-state index is -0.208. The Balaban J connectivity index is 2.00. The van der Waals surface area contributed by atoms with Crippen molar-refractivity contribution < 1.29 is 9.18 Å². The number of hydrogen-bond acceptors (Lipinski definition) is 3. The predicted octanol–water partition coefficient (Wildman–Crippen LogP) is 3.70. The molecule has 20 heavy (non-hydrogen) atoms. The van der Waals surface area contributed by atoms with E-state index in [9.17, 15) is 9.18 Å². The molecule has 0 bridgehead atoms. The highest BCUT2D eigenvalue weighted by atomic mass is 32.1. The Morgan fingerprint density at radius 2 is 2.10 bits per heavy atom. The number of rotatable bonds is 5. The van der Waals surface area contributed by atoms with Crippen LogP contribution < -0.4 is 10.6 Å². The maximum absolute atomic E-state index is 13.7. The zero-order chi connectivity index (χ0) is 14.5. The first-order valence-electron chi connectivity index (χ1n) is 6.39. The number of anilines is 1. The number of nitrogens with one attached hydrogen (secondary N) is 2.